The third-order valence-electron chi connectivity index (χ3n) is 2.33. The molecule has 4 heteroatoms. The van der Waals surface area contributed by atoms with Crippen LogP contribution in [-0.4, -0.2) is 19.3 Å². The van der Waals surface area contributed by atoms with Gasteiger partial charge in [-0.2, -0.15) is 0 Å². The normalized spacial score (nSPS) is 12.4. The minimum atomic E-state index is 0.269. The molecule has 1 aromatic carbocycles. The zero-order chi connectivity index (χ0) is 12.0. The monoisotopic (exact) mass is 242 g/mol. The number of nitrogens with one attached hydrogen (secondary N) is 1. The summed E-state index contributed by atoms with van der Waals surface area (Å²) in [5.74, 6) is 0. The van der Waals surface area contributed by atoms with Crippen LogP contribution in [0, 0.1) is 0 Å². The lowest BCUT2D eigenvalue weighted by molar-refractivity contribution is 0.0729. The van der Waals surface area contributed by atoms with Crippen molar-refractivity contribution in [3.05, 3.63) is 23.2 Å². The Bertz CT molecular complexity index is 331. The summed E-state index contributed by atoms with van der Waals surface area (Å²) in [6, 6.07) is 5.46. The van der Waals surface area contributed by atoms with Gasteiger partial charge in [0.15, 0.2) is 0 Å². The molecule has 0 aliphatic carbocycles. The fraction of sp³-hybridized carbons (Fsp3) is 0.500. The number of halogens is 1. The SMILES string of the molecule is CCOC(C)CCNc1ccc(Cl)cc1N. The first kappa shape index (κ1) is 13.1. The van der Waals surface area contributed by atoms with E-state index in [0.29, 0.717) is 10.7 Å². The molecule has 3 N–H and O–H groups in total. The molecular formula is C12H19ClN2O. The summed E-state index contributed by atoms with van der Waals surface area (Å²) < 4.78 is 5.44. The van der Waals surface area contributed by atoms with E-state index in [4.69, 9.17) is 22.1 Å². The van der Waals surface area contributed by atoms with E-state index < -0.39 is 0 Å². The van der Waals surface area contributed by atoms with Crippen molar-refractivity contribution < 1.29 is 4.74 Å². The van der Waals surface area contributed by atoms with E-state index in [1.807, 2.05) is 19.1 Å². The lowest BCUT2D eigenvalue weighted by Gasteiger charge is -2.13. The van der Waals surface area contributed by atoms with Crippen LogP contribution in [0.25, 0.3) is 0 Å². The first-order chi connectivity index (χ1) is 7.63. The Hall–Kier alpha value is -0.930. The fourth-order valence-electron chi connectivity index (χ4n) is 1.47. The van der Waals surface area contributed by atoms with Gasteiger partial charge < -0.3 is 15.8 Å². The predicted octanol–water partition coefficient (Wildman–Crippen LogP) is 3.15. The van der Waals surface area contributed by atoms with Crippen molar-refractivity contribution in [1.82, 2.24) is 0 Å². The third kappa shape index (κ3) is 4.29. The number of benzene rings is 1. The Morgan fingerprint density at radius 2 is 2.25 bits per heavy atom. The number of anilines is 2. The van der Waals surface area contributed by atoms with Crippen molar-refractivity contribution >= 4 is 23.0 Å². The maximum absolute atomic E-state index is 5.82. The molecule has 0 aromatic heterocycles. The van der Waals surface area contributed by atoms with Crippen LogP contribution in [0.3, 0.4) is 0 Å². The highest BCUT2D eigenvalue weighted by Gasteiger charge is 2.02. The first-order valence-electron chi connectivity index (χ1n) is 5.54. The second kappa shape index (κ2) is 6.61. The van der Waals surface area contributed by atoms with Crippen molar-refractivity contribution in [2.75, 3.05) is 24.2 Å². The third-order valence-corrected chi connectivity index (χ3v) is 2.57. The van der Waals surface area contributed by atoms with Crippen molar-refractivity contribution in [2.24, 2.45) is 0 Å². The predicted molar refractivity (Wildman–Crippen MR) is 70.1 cm³/mol. The second-order valence-electron chi connectivity index (χ2n) is 3.71. The van der Waals surface area contributed by atoms with Gasteiger partial charge in [-0.3, -0.25) is 0 Å². The van der Waals surface area contributed by atoms with E-state index in [1.165, 1.54) is 0 Å². The number of hydrogen-bond acceptors (Lipinski definition) is 3. The Labute approximate surface area is 102 Å². The van der Waals surface area contributed by atoms with Gasteiger partial charge in [0.2, 0.25) is 0 Å². The summed E-state index contributed by atoms with van der Waals surface area (Å²) in [6.45, 7) is 5.66. The molecule has 16 heavy (non-hydrogen) atoms. The van der Waals surface area contributed by atoms with E-state index in [1.54, 1.807) is 6.07 Å². The lowest BCUT2D eigenvalue weighted by Crippen LogP contribution is -2.14. The Balaban J connectivity index is 2.37. The Morgan fingerprint density at radius 1 is 1.50 bits per heavy atom. The molecule has 0 heterocycles. The quantitative estimate of drug-likeness (QED) is 0.754. The zero-order valence-electron chi connectivity index (χ0n) is 9.79. The minimum absolute atomic E-state index is 0.269. The topological polar surface area (TPSA) is 47.3 Å². The number of hydrogen-bond donors (Lipinski definition) is 2. The summed E-state index contributed by atoms with van der Waals surface area (Å²) in [5.41, 5.74) is 7.42. The van der Waals surface area contributed by atoms with Gasteiger partial charge in [0.25, 0.3) is 0 Å². The van der Waals surface area contributed by atoms with Crippen molar-refractivity contribution in [3.63, 3.8) is 0 Å². The molecule has 1 atom stereocenters. The highest BCUT2D eigenvalue weighted by atomic mass is 35.5. The summed E-state index contributed by atoms with van der Waals surface area (Å²) in [7, 11) is 0. The van der Waals surface area contributed by atoms with Crippen LogP contribution in [0.5, 0.6) is 0 Å². The van der Waals surface area contributed by atoms with Gasteiger partial charge >= 0.3 is 0 Å². The van der Waals surface area contributed by atoms with Gasteiger partial charge in [0.1, 0.15) is 0 Å². The van der Waals surface area contributed by atoms with Crippen molar-refractivity contribution in [3.8, 4) is 0 Å². The maximum Gasteiger partial charge on any atom is 0.0574 e. The van der Waals surface area contributed by atoms with E-state index in [2.05, 4.69) is 12.2 Å². The van der Waals surface area contributed by atoms with Crippen LogP contribution >= 0.6 is 11.6 Å². The molecular weight excluding hydrogens is 224 g/mol. The van der Waals surface area contributed by atoms with Crippen LogP contribution < -0.4 is 11.1 Å². The molecule has 3 nitrogen and oxygen atoms in total. The minimum Gasteiger partial charge on any atom is -0.397 e. The van der Waals surface area contributed by atoms with Crippen LogP contribution in [-0.2, 0) is 4.74 Å². The maximum atomic E-state index is 5.82. The van der Waals surface area contributed by atoms with Crippen LogP contribution in [0.15, 0.2) is 18.2 Å². The Morgan fingerprint density at radius 3 is 2.88 bits per heavy atom. The zero-order valence-corrected chi connectivity index (χ0v) is 10.6. The molecule has 0 bridgehead atoms. The molecule has 0 amide bonds. The molecule has 1 aromatic rings. The summed E-state index contributed by atoms with van der Waals surface area (Å²) >= 11 is 5.81. The Kier molecular flexibility index (Phi) is 5.43. The average Bonchev–Trinajstić information content (AvgIpc) is 2.22. The highest BCUT2D eigenvalue weighted by Crippen LogP contribution is 2.22. The largest absolute Gasteiger partial charge is 0.397 e. The summed E-state index contributed by atoms with van der Waals surface area (Å²) in [4.78, 5) is 0. The number of nitrogen functional groups attached to an aromatic ring is 1. The standard InChI is InChI=1S/C12H19ClN2O/c1-3-16-9(2)6-7-15-12-5-4-10(13)8-11(12)14/h4-5,8-9,15H,3,6-7,14H2,1-2H3. The van der Waals surface area contributed by atoms with E-state index in [9.17, 15) is 0 Å². The van der Waals surface area contributed by atoms with Crippen LogP contribution in [0.2, 0.25) is 5.02 Å². The number of rotatable bonds is 6. The van der Waals surface area contributed by atoms with Crippen molar-refractivity contribution in [2.45, 2.75) is 26.4 Å². The van der Waals surface area contributed by atoms with E-state index >= 15 is 0 Å². The van der Waals surface area contributed by atoms with E-state index in [-0.39, 0.29) is 6.10 Å². The summed E-state index contributed by atoms with van der Waals surface area (Å²) in [5, 5.41) is 3.92. The molecule has 0 radical (unpaired) electrons. The molecule has 0 saturated carbocycles. The molecule has 0 fully saturated rings. The molecule has 0 spiro atoms. The van der Waals surface area contributed by atoms with Gasteiger partial charge in [-0.15, -0.1) is 0 Å². The van der Waals surface area contributed by atoms with Gasteiger partial charge in [-0.1, -0.05) is 11.6 Å². The first-order valence-corrected chi connectivity index (χ1v) is 5.91. The molecule has 0 aliphatic heterocycles. The smallest absolute Gasteiger partial charge is 0.0574 e. The summed E-state index contributed by atoms with van der Waals surface area (Å²) in [6.07, 6.45) is 1.22. The highest BCUT2D eigenvalue weighted by molar-refractivity contribution is 6.31. The van der Waals surface area contributed by atoms with Gasteiger partial charge in [0, 0.05) is 18.2 Å². The molecule has 90 valence electrons. The van der Waals surface area contributed by atoms with Crippen LogP contribution in [0.4, 0.5) is 11.4 Å². The van der Waals surface area contributed by atoms with Gasteiger partial charge in [-0.25, -0.2) is 0 Å². The average molecular weight is 243 g/mol. The number of ether oxygens (including phenoxy) is 1. The second-order valence-corrected chi connectivity index (χ2v) is 4.15. The lowest BCUT2D eigenvalue weighted by atomic mass is 10.2. The van der Waals surface area contributed by atoms with Gasteiger partial charge in [0.05, 0.1) is 17.5 Å². The molecule has 0 saturated heterocycles. The molecule has 1 unspecified atom stereocenters. The van der Waals surface area contributed by atoms with Gasteiger partial charge in [-0.05, 0) is 38.5 Å². The fourth-order valence-corrected chi connectivity index (χ4v) is 1.65. The van der Waals surface area contributed by atoms with Crippen molar-refractivity contribution in [1.29, 1.82) is 0 Å². The van der Waals surface area contributed by atoms with Crippen LogP contribution in [0.1, 0.15) is 20.3 Å². The van der Waals surface area contributed by atoms with E-state index in [0.717, 1.165) is 25.3 Å². The number of nitrogens with two attached hydrogens (primary N) is 1. The molecule has 1 rings (SSSR count). The molecule has 0 aliphatic rings.